The number of carbonyl (C=O) groups is 1. The van der Waals surface area contributed by atoms with Gasteiger partial charge in [-0.05, 0) is 35.0 Å². The van der Waals surface area contributed by atoms with E-state index in [-0.39, 0.29) is 23.0 Å². The van der Waals surface area contributed by atoms with Gasteiger partial charge >= 0.3 is 0 Å². The molecule has 1 aromatic heterocycles. The quantitative estimate of drug-likeness (QED) is 0.393. The Labute approximate surface area is 244 Å². The zero-order valence-corrected chi connectivity index (χ0v) is 25.4. The van der Waals surface area contributed by atoms with Gasteiger partial charge in [0.2, 0.25) is 5.91 Å². The number of amides is 1. The van der Waals surface area contributed by atoms with Crippen LogP contribution in [0.25, 0.3) is 10.8 Å². The van der Waals surface area contributed by atoms with Crippen LogP contribution in [-0.2, 0) is 39.5 Å². The number of sulfone groups is 1. The van der Waals surface area contributed by atoms with Gasteiger partial charge in [0, 0.05) is 88.5 Å². The number of thiazole rings is 1. The van der Waals surface area contributed by atoms with Crippen LogP contribution in [0.15, 0.2) is 46.3 Å². The highest BCUT2D eigenvalue weighted by Crippen LogP contribution is 2.24. The highest BCUT2D eigenvalue weighted by molar-refractivity contribution is 7.91. The third-order valence-electron chi connectivity index (χ3n) is 7.71. The molecule has 1 amide bonds. The van der Waals surface area contributed by atoms with Crippen LogP contribution in [-0.4, -0.2) is 98.9 Å². The van der Waals surface area contributed by atoms with E-state index in [9.17, 15) is 13.2 Å². The van der Waals surface area contributed by atoms with Crippen molar-refractivity contribution >= 4 is 49.5 Å². The van der Waals surface area contributed by atoms with Crippen molar-refractivity contribution in [1.29, 1.82) is 0 Å². The third kappa shape index (κ3) is 6.78. The molecule has 3 heterocycles. The number of halogens is 1. The van der Waals surface area contributed by atoms with Crippen LogP contribution in [0.1, 0.15) is 17.0 Å². The first-order valence-electron chi connectivity index (χ1n) is 13.6. The molecule has 0 aliphatic carbocycles. The van der Waals surface area contributed by atoms with E-state index < -0.39 is 9.84 Å². The molecular weight excluding hydrogens is 570 g/mol. The first-order valence-corrected chi connectivity index (χ1v) is 16.4. The number of hydrogen-bond acceptors (Lipinski definition) is 8. The summed E-state index contributed by atoms with van der Waals surface area (Å²) in [6.45, 7) is 7.78. The highest BCUT2D eigenvalue weighted by Gasteiger charge is 2.25. The first kappa shape index (κ1) is 29.2. The number of benzene rings is 2. The van der Waals surface area contributed by atoms with Crippen LogP contribution < -0.4 is 4.80 Å². The van der Waals surface area contributed by atoms with Crippen LogP contribution in [0.2, 0.25) is 5.02 Å². The summed E-state index contributed by atoms with van der Waals surface area (Å²) in [7, 11) is 0.317. The lowest BCUT2D eigenvalue weighted by Gasteiger charge is -2.35. The Morgan fingerprint density at radius 1 is 0.975 bits per heavy atom. The molecule has 2 saturated heterocycles. The summed E-state index contributed by atoms with van der Waals surface area (Å²) < 4.78 is 33.7. The molecule has 0 unspecified atom stereocenters. The zero-order valence-electron chi connectivity index (χ0n) is 23.0. The number of piperazine rings is 1. The lowest BCUT2D eigenvalue weighted by molar-refractivity contribution is -0.132. The van der Waals surface area contributed by atoms with E-state index in [1.165, 1.54) is 10.6 Å². The number of hydrogen-bond donors (Lipinski definition) is 0. The first-order chi connectivity index (χ1) is 19.2. The molecule has 2 aliphatic heterocycles. The maximum atomic E-state index is 13.0. The lowest BCUT2D eigenvalue weighted by Crippen LogP contribution is -2.48. The van der Waals surface area contributed by atoms with Gasteiger partial charge in [-0.3, -0.25) is 19.6 Å². The predicted molar refractivity (Wildman–Crippen MR) is 158 cm³/mol. The summed E-state index contributed by atoms with van der Waals surface area (Å²) >= 11 is 7.78. The number of fused-ring (bicyclic) bond motifs is 1. The van der Waals surface area contributed by atoms with Gasteiger partial charge in [-0.1, -0.05) is 23.7 Å². The van der Waals surface area contributed by atoms with Crippen LogP contribution in [0.3, 0.4) is 0 Å². The average Bonchev–Trinajstić information content (AvgIpc) is 3.25. The van der Waals surface area contributed by atoms with Gasteiger partial charge in [-0.2, -0.15) is 0 Å². The molecule has 216 valence electrons. The van der Waals surface area contributed by atoms with Crippen LogP contribution >= 0.6 is 22.9 Å². The van der Waals surface area contributed by atoms with Gasteiger partial charge in [0.05, 0.1) is 23.9 Å². The van der Waals surface area contributed by atoms with Crippen molar-refractivity contribution in [3.05, 3.63) is 56.8 Å². The fraction of sp³-hybridized carbons (Fsp3) is 0.500. The number of ether oxygens (including phenoxy) is 1. The Bertz CT molecular complexity index is 1540. The van der Waals surface area contributed by atoms with Gasteiger partial charge < -0.3 is 14.2 Å². The fourth-order valence-electron chi connectivity index (χ4n) is 5.27. The summed E-state index contributed by atoms with van der Waals surface area (Å²) in [6.07, 6.45) is -0.0223. The molecule has 0 atom stereocenters. The Morgan fingerprint density at radius 2 is 1.65 bits per heavy atom. The van der Waals surface area contributed by atoms with Crippen molar-refractivity contribution in [2.75, 3.05) is 65.3 Å². The summed E-state index contributed by atoms with van der Waals surface area (Å²) in [6, 6.07) is 10.3. The Kier molecular flexibility index (Phi) is 9.28. The molecule has 0 radical (unpaired) electrons. The summed E-state index contributed by atoms with van der Waals surface area (Å²) in [5.74, 6) is -0.318. The van der Waals surface area contributed by atoms with E-state index in [1.54, 1.807) is 52.6 Å². The van der Waals surface area contributed by atoms with Crippen molar-refractivity contribution in [3.8, 4) is 0 Å². The van der Waals surface area contributed by atoms with E-state index >= 15 is 0 Å². The Balaban J connectivity index is 1.16. The molecular formula is C28H36ClN5O4S2. The fourth-order valence-corrected chi connectivity index (χ4v) is 7.84. The van der Waals surface area contributed by atoms with Crippen LogP contribution in [0, 0.1) is 0 Å². The van der Waals surface area contributed by atoms with Crippen molar-refractivity contribution < 1.29 is 17.9 Å². The van der Waals surface area contributed by atoms with Crippen molar-refractivity contribution in [2.45, 2.75) is 24.4 Å². The number of nitrogens with zero attached hydrogens (tertiary/aromatic N) is 5. The number of aromatic nitrogens is 1. The van der Waals surface area contributed by atoms with Gasteiger partial charge in [-0.25, -0.2) is 8.42 Å². The minimum absolute atomic E-state index is 0.0223. The minimum Gasteiger partial charge on any atom is -0.379 e. The van der Waals surface area contributed by atoms with Crippen molar-refractivity contribution in [3.63, 3.8) is 0 Å². The van der Waals surface area contributed by atoms with E-state index in [0.717, 1.165) is 68.1 Å². The van der Waals surface area contributed by atoms with Gasteiger partial charge in [0.25, 0.3) is 0 Å². The number of rotatable bonds is 8. The van der Waals surface area contributed by atoms with Crippen molar-refractivity contribution in [2.24, 2.45) is 12.0 Å². The van der Waals surface area contributed by atoms with E-state index in [1.807, 2.05) is 7.05 Å². The second kappa shape index (κ2) is 12.7. The van der Waals surface area contributed by atoms with Gasteiger partial charge in [-0.15, -0.1) is 11.3 Å². The molecule has 0 bridgehead atoms. The normalized spacial score (nSPS) is 18.1. The van der Waals surface area contributed by atoms with E-state index in [2.05, 4.69) is 26.4 Å². The summed E-state index contributed by atoms with van der Waals surface area (Å²) in [5.41, 5.74) is 1.26. The Hall–Kier alpha value is -2.28. The number of morpholine rings is 1. The van der Waals surface area contributed by atoms with E-state index in [0.29, 0.717) is 18.1 Å². The number of carbonyl (C=O) groups excluding carboxylic acids is 1. The van der Waals surface area contributed by atoms with Crippen LogP contribution in [0.4, 0.5) is 0 Å². The molecule has 2 aromatic carbocycles. The van der Waals surface area contributed by atoms with Gasteiger partial charge in [0.15, 0.2) is 14.6 Å². The largest absolute Gasteiger partial charge is 0.379 e. The monoisotopic (exact) mass is 605 g/mol. The molecule has 3 aromatic rings. The topological polar surface area (TPSA) is 87.5 Å². The molecule has 2 fully saturated rings. The second-order valence-corrected chi connectivity index (χ2v) is 13.9. The SMILES string of the molecule is CN=c1sc(CN2CCOCC2)c(CN2CCN(C(=O)CCS(=O)(=O)c3ccc4cc(Cl)ccc4c3)CC2)n1C. The second-order valence-electron chi connectivity index (χ2n) is 10.3. The maximum Gasteiger partial charge on any atom is 0.223 e. The summed E-state index contributed by atoms with van der Waals surface area (Å²) in [5, 5.41) is 2.29. The molecule has 0 N–H and O–H groups in total. The van der Waals surface area contributed by atoms with Crippen LogP contribution in [0.5, 0.6) is 0 Å². The molecule has 2 aliphatic rings. The zero-order chi connectivity index (χ0) is 28.3. The minimum atomic E-state index is -3.58. The molecule has 9 nitrogen and oxygen atoms in total. The third-order valence-corrected chi connectivity index (χ3v) is 10.9. The summed E-state index contributed by atoms with van der Waals surface area (Å²) in [4.78, 5) is 26.6. The maximum absolute atomic E-state index is 13.0. The standard InChI is InChI=1S/C28H36ClN5O4S2/c1-30-28-31(2)25(26(39-28)20-33-12-14-38-15-13-33)19-32-8-10-34(11-9-32)27(35)7-16-40(36,37)24-6-4-21-17-23(29)5-3-22(21)18-24/h3-6,17-18H,7-16,19-20H2,1-2H3. The molecule has 12 heteroatoms. The van der Waals surface area contributed by atoms with Gasteiger partial charge in [0.1, 0.15) is 0 Å². The molecule has 40 heavy (non-hydrogen) atoms. The predicted octanol–water partition coefficient (Wildman–Crippen LogP) is 2.76. The Morgan fingerprint density at radius 3 is 2.38 bits per heavy atom. The van der Waals surface area contributed by atoms with E-state index in [4.69, 9.17) is 16.3 Å². The highest BCUT2D eigenvalue weighted by atomic mass is 35.5. The smallest absolute Gasteiger partial charge is 0.223 e. The lowest BCUT2D eigenvalue weighted by atomic mass is 10.1. The molecule has 0 saturated carbocycles. The average molecular weight is 606 g/mol. The van der Waals surface area contributed by atoms with Crippen molar-refractivity contribution in [1.82, 2.24) is 19.3 Å². The molecule has 5 rings (SSSR count). The molecule has 0 spiro atoms.